The van der Waals surface area contributed by atoms with Gasteiger partial charge in [0.25, 0.3) is 5.91 Å². The molecule has 0 aliphatic carbocycles. The van der Waals surface area contributed by atoms with Crippen molar-refractivity contribution in [2.45, 2.75) is 6.92 Å². The third-order valence-electron chi connectivity index (χ3n) is 5.35. The molecule has 0 atom stereocenters. The van der Waals surface area contributed by atoms with E-state index in [9.17, 15) is 9.59 Å². The van der Waals surface area contributed by atoms with E-state index in [0.717, 1.165) is 16.6 Å². The number of ether oxygens (including phenoxy) is 3. The van der Waals surface area contributed by atoms with Gasteiger partial charge in [-0.1, -0.05) is 0 Å². The maximum atomic E-state index is 12.4. The number of rotatable bonds is 16. The van der Waals surface area contributed by atoms with Crippen LogP contribution in [0.25, 0.3) is 22.4 Å². The van der Waals surface area contributed by atoms with Gasteiger partial charge in [0, 0.05) is 23.0 Å². The number of aliphatic hydroxyl groups is 1. The summed E-state index contributed by atoms with van der Waals surface area (Å²) in [5.41, 5.74) is 9.34. The van der Waals surface area contributed by atoms with E-state index < -0.39 is 5.91 Å². The minimum Gasteiger partial charge on any atom is -0.394 e. The first-order valence-electron chi connectivity index (χ1n) is 12.1. The summed E-state index contributed by atoms with van der Waals surface area (Å²) in [7, 11) is 0. The van der Waals surface area contributed by atoms with Crippen molar-refractivity contribution in [3.05, 3.63) is 59.9 Å². The monoisotopic (exact) mass is 526 g/mol. The molecule has 0 bridgehead atoms. The topological polar surface area (TPSA) is 178 Å². The number of anilines is 1. The largest absolute Gasteiger partial charge is 0.394 e. The minimum atomic E-state index is -0.494. The van der Waals surface area contributed by atoms with Crippen molar-refractivity contribution in [2.24, 2.45) is 11.6 Å². The predicted molar refractivity (Wildman–Crippen MR) is 143 cm³/mol. The fourth-order valence-corrected chi connectivity index (χ4v) is 3.36. The van der Waals surface area contributed by atoms with Crippen LogP contribution in [0, 0.1) is 0 Å². The lowest BCUT2D eigenvalue weighted by molar-refractivity contribution is -0.113. The predicted octanol–water partition coefficient (Wildman–Crippen LogP) is 1.39. The van der Waals surface area contributed by atoms with Gasteiger partial charge in [0.15, 0.2) is 5.78 Å². The van der Waals surface area contributed by atoms with Crippen LogP contribution in [0.15, 0.2) is 54.4 Å². The number of nitrogens with zero attached hydrogens (tertiary/aromatic N) is 2. The van der Waals surface area contributed by atoms with E-state index in [1.165, 1.54) is 18.1 Å². The van der Waals surface area contributed by atoms with Gasteiger partial charge < -0.3 is 40.4 Å². The molecule has 0 spiro atoms. The van der Waals surface area contributed by atoms with Crippen LogP contribution in [0.3, 0.4) is 0 Å². The van der Waals surface area contributed by atoms with E-state index in [4.69, 9.17) is 30.9 Å². The Kier molecular flexibility index (Phi) is 11.2. The van der Waals surface area contributed by atoms with Crippen LogP contribution in [-0.2, 0) is 19.0 Å². The summed E-state index contributed by atoms with van der Waals surface area (Å²) < 4.78 is 15.8. The number of carbonyl (C=O) groups excluding carboxylic acids is 2. The molecular weight excluding hydrogens is 492 g/mol. The van der Waals surface area contributed by atoms with Crippen molar-refractivity contribution in [1.29, 1.82) is 0 Å². The molecule has 1 aromatic heterocycles. The highest BCUT2D eigenvalue weighted by Crippen LogP contribution is 2.23. The average molecular weight is 527 g/mol. The summed E-state index contributed by atoms with van der Waals surface area (Å²) >= 11 is 0. The number of aromatic amines is 1. The quantitative estimate of drug-likeness (QED) is 0.0602. The highest BCUT2D eigenvalue weighted by Gasteiger charge is 2.10. The lowest BCUT2D eigenvalue weighted by Crippen LogP contribution is -2.32. The van der Waals surface area contributed by atoms with Crippen LogP contribution >= 0.6 is 0 Å². The van der Waals surface area contributed by atoms with Crippen LogP contribution in [0.4, 0.5) is 5.69 Å². The number of fused-ring (bicyclic) bond motifs is 1. The van der Waals surface area contributed by atoms with Gasteiger partial charge in [-0.15, -0.1) is 0 Å². The number of hydrogen-bond donors (Lipinski definition) is 5. The molecule has 7 N–H and O–H groups in total. The first kappa shape index (κ1) is 28.8. The second kappa shape index (κ2) is 14.8. The molecule has 0 aliphatic rings. The molecule has 1 amide bonds. The first-order valence-corrected chi connectivity index (χ1v) is 12.1. The van der Waals surface area contributed by atoms with Crippen LogP contribution in [0.1, 0.15) is 17.3 Å². The summed E-state index contributed by atoms with van der Waals surface area (Å²) in [6.07, 6.45) is 1.34. The molecule has 12 heteroatoms. The zero-order valence-corrected chi connectivity index (χ0v) is 21.3. The van der Waals surface area contributed by atoms with Gasteiger partial charge in [0.05, 0.1) is 63.8 Å². The van der Waals surface area contributed by atoms with Crippen LogP contribution in [0.5, 0.6) is 0 Å². The molecule has 2 aromatic carbocycles. The molecule has 3 rings (SSSR count). The zero-order chi connectivity index (χ0) is 27.3. The van der Waals surface area contributed by atoms with Crippen LogP contribution in [-0.4, -0.2) is 84.6 Å². The number of imidazole rings is 1. The molecule has 12 nitrogen and oxygen atoms in total. The fraction of sp³-hybridized carbons (Fsp3) is 0.346. The Bertz CT molecular complexity index is 1230. The number of aromatic nitrogens is 2. The number of Topliss-reactive ketones (excluding diaryl/α,β-unsaturated/α-hetero) is 1. The highest BCUT2D eigenvalue weighted by molar-refractivity contribution is 6.03. The summed E-state index contributed by atoms with van der Waals surface area (Å²) in [5, 5.41) is 12.6. The number of amides is 1. The van der Waals surface area contributed by atoms with Crippen molar-refractivity contribution < 1.29 is 28.9 Å². The molecule has 0 saturated carbocycles. The van der Waals surface area contributed by atoms with Gasteiger partial charge in [0.2, 0.25) is 0 Å². The van der Waals surface area contributed by atoms with Gasteiger partial charge in [-0.3, -0.25) is 9.59 Å². The summed E-state index contributed by atoms with van der Waals surface area (Å²) in [4.78, 5) is 31.8. The summed E-state index contributed by atoms with van der Waals surface area (Å²) in [6, 6.07) is 12.4. The standard InChI is InChI=1S/C26H34N6O6/c1-18(34)20-4-7-23-24(16-20)31-25(30-23)19-2-5-21(6-3-19)29-26(35)22(27)17-32(28)8-10-36-12-14-38-15-13-37-11-9-33/h2-7,16-17,33H,8-15,27-28H2,1H3,(H,29,35)(H,30,31)/b22-17-. The molecule has 0 fully saturated rings. The van der Waals surface area contributed by atoms with Gasteiger partial charge in [-0.05, 0) is 49.4 Å². The molecular formula is C26H34N6O6. The maximum absolute atomic E-state index is 12.4. The van der Waals surface area contributed by atoms with Crippen LogP contribution < -0.4 is 16.9 Å². The van der Waals surface area contributed by atoms with E-state index in [2.05, 4.69) is 15.3 Å². The zero-order valence-electron chi connectivity index (χ0n) is 21.3. The van der Waals surface area contributed by atoms with E-state index in [1.54, 1.807) is 30.3 Å². The maximum Gasteiger partial charge on any atom is 0.273 e. The van der Waals surface area contributed by atoms with Crippen molar-refractivity contribution >= 4 is 28.4 Å². The molecule has 0 aliphatic heterocycles. The van der Waals surface area contributed by atoms with Gasteiger partial charge in [0.1, 0.15) is 11.5 Å². The Morgan fingerprint density at radius 1 is 1.03 bits per heavy atom. The number of nitrogens with two attached hydrogens (primary N) is 2. The lowest BCUT2D eigenvalue weighted by Gasteiger charge is -2.15. The highest BCUT2D eigenvalue weighted by atomic mass is 16.5. The first-order chi connectivity index (χ1) is 18.4. The normalized spacial score (nSPS) is 11.6. The summed E-state index contributed by atoms with van der Waals surface area (Å²) in [5.74, 6) is 6.02. The Morgan fingerprint density at radius 3 is 2.34 bits per heavy atom. The van der Waals surface area contributed by atoms with Gasteiger partial charge >= 0.3 is 0 Å². The number of nitrogens with one attached hydrogen (secondary N) is 2. The number of hydrogen-bond acceptors (Lipinski definition) is 10. The third-order valence-corrected chi connectivity index (χ3v) is 5.35. The van der Waals surface area contributed by atoms with Crippen molar-refractivity contribution in [3.8, 4) is 11.4 Å². The molecule has 0 saturated heterocycles. The number of H-pyrrole nitrogens is 1. The Hall–Kier alpha value is -3.81. The Morgan fingerprint density at radius 2 is 1.68 bits per heavy atom. The molecule has 38 heavy (non-hydrogen) atoms. The number of aliphatic hydroxyl groups excluding tert-OH is 1. The second-order valence-electron chi connectivity index (χ2n) is 8.29. The Balaban J connectivity index is 1.42. The molecule has 0 unspecified atom stereocenters. The van der Waals surface area contributed by atoms with Gasteiger partial charge in [-0.25, -0.2) is 10.8 Å². The summed E-state index contributed by atoms with van der Waals surface area (Å²) in [6.45, 7) is 4.09. The van der Waals surface area contributed by atoms with E-state index in [1.807, 2.05) is 12.1 Å². The molecule has 0 radical (unpaired) electrons. The van der Waals surface area contributed by atoms with E-state index >= 15 is 0 Å². The smallest absolute Gasteiger partial charge is 0.273 e. The molecule has 3 aromatic rings. The SMILES string of the molecule is CC(=O)c1ccc2nc(-c3ccc(NC(=O)/C(N)=C/N(N)CCOCCOCCOCCO)cc3)[nH]c2c1. The van der Waals surface area contributed by atoms with Gasteiger partial charge in [-0.2, -0.15) is 0 Å². The van der Waals surface area contributed by atoms with Crippen molar-refractivity contribution in [1.82, 2.24) is 15.0 Å². The number of carbonyl (C=O) groups is 2. The fourth-order valence-electron chi connectivity index (χ4n) is 3.36. The van der Waals surface area contributed by atoms with Crippen molar-refractivity contribution in [3.63, 3.8) is 0 Å². The van der Waals surface area contributed by atoms with E-state index in [0.29, 0.717) is 63.3 Å². The average Bonchev–Trinajstić information content (AvgIpc) is 3.33. The number of ketones is 1. The van der Waals surface area contributed by atoms with Crippen LogP contribution in [0.2, 0.25) is 0 Å². The molecule has 1 heterocycles. The minimum absolute atomic E-state index is 0.0111. The number of hydrazine groups is 1. The van der Waals surface area contributed by atoms with Crippen molar-refractivity contribution in [2.75, 3.05) is 58.1 Å². The Labute approximate surface area is 220 Å². The lowest BCUT2D eigenvalue weighted by atomic mass is 10.1. The molecule has 204 valence electrons. The second-order valence-corrected chi connectivity index (χ2v) is 8.29. The van der Waals surface area contributed by atoms with E-state index in [-0.39, 0.29) is 18.1 Å². The third kappa shape index (κ3) is 8.94. The number of benzene rings is 2.